The van der Waals surface area contributed by atoms with Crippen molar-refractivity contribution in [2.45, 2.75) is 18.4 Å². The summed E-state index contributed by atoms with van der Waals surface area (Å²) in [7, 11) is -3.76. The number of hydrogen-bond acceptors (Lipinski definition) is 3. The van der Waals surface area contributed by atoms with Crippen LogP contribution in [0.3, 0.4) is 0 Å². The summed E-state index contributed by atoms with van der Waals surface area (Å²) in [6.07, 6.45) is 0. The van der Waals surface area contributed by atoms with E-state index in [4.69, 9.17) is 5.11 Å². The van der Waals surface area contributed by atoms with Crippen LogP contribution in [0.4, 0.5) is 10.1 Å². The Morgan fingerprint density at radius 2 is 1.81 bits per heavy atom. The van der Waals surface area contributed by atoms with E-state index in [1.54, 1.807) is 25.1 Å². The summed E-state index contributed by atoms with van der Waals surface area (Å²) in [6.45, 7) is 1.72. The summed E-state index contributed by atoms with van der Waals surface area (Å²) in [5.41, 5.74) is 0.909. The summed E-state index contributed by atoms with van der Waals surface area (Å²) in [4.78, 5) is 0.103. The van der Waals surface area contributed by atoms with Crippen molar-refractivity contribution in [1.29, 1.82) is 0 Å². The molecule has 21 heavy (non-hydrogen) atoms. The molecule has 0 heterocycles. The van der Waals surface area contributed by atoms with Crippen LogP contribution >= 0.6 is 0 Å². The van der Waals surface area contributed by atoms with Crippen LogP contribution in [0.2, 0.25) is 0 Å². The van der Waals surface area contributed by atoms with Crippen LogP contribution in [-0.4, -0.2) is 20.1 Å². The maximum absolute atomic E-state index is 13.3. The minimum absolute atomic E-state index is 0.103. The highest BCUT2D eigenvalue weighted by Gasteiger charge is 2.23. The van der Waals surface area contributed by atoms with Crippen molar-refractivity contribution in [2.75, 3.05) is 10.8 Å². The Kier molecular flexibility index (Phi) is 4.59. The second-order valence-electron chi connectivity index (χ2n) is 4.45. The van der Waals surface area contributed by atoms with Crippen LogP contribution in [0.15, 0.2) is 53.4 Å². The van der Waals surface area contributed by atoms with E-state index in [-0.39, 0.29) is 23.7 Å². The molecule has 0 amide bonds. The SMILES string of the molecule is CCN(c1cccc(F)c1)S(=O)(=O)c1ccc(CO)cc1. The van der Waals surface area contributed by atoms with Gasteiger partial charge in [0.25, 0.3) is 10.0 Å². The van der Waals surface area contributed by atoms with E-state index in [0.717, 1.165) is 4.31 Å². The Hall–Kier alpha value is -1.92. The van der Waals surface area contributed by atoms with E-state index in [0.29, 0.717) is 5.56 Å². The molecule has 0 saturated heterocycles. The molecule has 0 saturated carbocycles. The smallest absolute Gasteiger partial charge is 0.264 e. The van der Waals surface area contributed by atoms with Gasteiger partial charge in [-0.2, -0.15) is 0 Å². The second-order valence-corrected chi connectivity index (χ2v) is 6.31. The molecule has 2 aromatic rings. The summed E-state index contributed by atoms with van der Waals surface area (Å²) in [5, 5.41) is 8.99. The average molecular weight is 309 g/mol. The van der Waals surface area contributed by atoms with Crippen molar-refractivity contribution in [3.63, 3.8) is 0 Å². The maximum atomic E-state index is 13.3. The molecule has 0 spiro atoms. The summed E-state index contributed by atoms with van der Waals surface area (Å²) >= 11 is 0. The van der Waals surface area contributed by atoms with Crippen LogP contribution in [0.5, 0.6) is 0 Å². The van der Waals surface area contributed by atoms with E-state index in [9.17, 15) is 12.8 Å². The fourth-order valence-corrected chi connectivity index (χ4v) is 3.48. The lowest BCUT2D eigenvalue weighted by Crippen LogP contribution is -2.30. The monoisotopic (exact) mass is 309 g/mol. The van der Waals surface area contributed by atoms with E-state index in [2.05, 4.69) is 0 Å². The van der Waals surface area contributed by atoms with Gasteiger partial charge >= 0.3 is 0 Å². The topological polar surface area (TPSA) is 57.6 Å². The molecule has 1 N–H and O–H groups in total. The molecule has 0 atom stereocenters. The lowest BCUT2D eigenvalue weighted by Gasteiger charge is -2.23. The van der Waals surface area contributed by atoms with Crippen molar-refractivity contribution in [3.05, 3.63) is 59.9 Å². The van der Waals surface area contributed by atoms with Gasteiger partial charge in [-0.25, -0.2) is 12.8 Å². The van der Waals surface area contributed by atoms with Gasteiger partial charge < -0.3 is 5.11 Å². The predicted octanol–water partition coefficient (Wildman–Crippen LogP) is 2.53. The number of aliphatic hydroxyl groups excluding tert-OH is 1. The molecule has 0 aliphatic rings. The van der Waals surface area contributed by atoms with E-state index in [1.165, 1.54) is 30.3 Å². The minimum atomic E-state index is -3.76. The first-order valence-corrected chi connectivity index (χ1v) is 7.91. The van der Waals surface area contributed by atoms with Crippen molar-refractivity contribution < 1.29 is 17.9 Å². The third-order valence-electron chi connectivity index (χ3n) is 3.08. The zero-order valence-corrected chi connectivity index (χ0v) is 12.3. The molecule has 4 nitrogen and oxygen atoms in total. The van der Waals surface area contributed by atoms with Gasteiger partial charge in [-0.05, 0) is 42.8 Å². The Labute approximate surface area is 123 Å². The lowest BCUT2D eigenvalue weighted by atomic mass is 10.2. The van der Waals surface area contributed by atoms with E-state index < -0.39 is 15.8 Å². The zero-order chi connectivity index (χ0) is 15.5. The Balaban J connectivity index is 2.44. The third-order valence-corrected chi connectivity index (χ3v) is 4.99. The Morgan fingerprint density at radius 3 is 2.33 bits per heavy atom. The van der Waals surface area contributed by atoms with Crippen molar-refractivity contribution in [1.82, 2.24) is 0 Å². The minimum Gasteiger partial charge on any atom is -0.392 e. The zero-order valence-electron chi connectivity index (χ0n) is 11.5. The number of aliphatic hydroxyl groups is 1. The molecule has 0 fully saturated rings. The van der Waals surface area contributed by atoms with Gasteiger partial charge in [0.2, 0.25) is 0 Å². The van der Waals surface area contributed by atoms with Crippen molar-refractivity contribution in [2.24, 2.45) is 0 Å². The highest BCUT2D eigenvalue weighted by Crippen LogP contribution is 2.24. The largest absolute Gasteiger partial charge is 0.392 e. The van der Waals surface area contributed by atoms with Gasteiger partial charge in [-0.15, -0.1) is 0 Å². The number of hydrogen-bond donors (Lipinski definition) is 1. The van der Waals surface area contributed by atoms with Crippen LogP contribution in [-0.2, 0) is 16.6 Å². The van der Waals surface area contributed by atoms with Gasteiger partial charge in [-0.3, -0.25) is 4.31 Å². The summed E-state index contributed by atoms with van der Waals surface area (Å²) < 4.78 is 39.7. The molecule has 0 bridgehead atoms. The number of benzene rings is 2. The first-order valence-electron chi connectivity index (χ1n) is 6.47. The van der Waals surface area contributed by atoms with Gasteiger partial charge in [0.1, 0.15) is 5.82 Å². The molecule has 112 valence electrons. The van der Waals surface area contributed by atoms with E-state index >= 15 is 0 Å². The van der Waals surface area contributed by atoms with Crippen LogP contribution in [0.1, 0.15) is 12.5 Å². The van der Waals surface area contributed by atoms with Crippen molar-refractivity contribution in [3.8, 4) is 0 Å². The summed E-state index contributed by atoms with van der Waals surface area (Å²) in [6, 6.07) is 11.4. The molecule has 0 aliphatic heterocycles. The first kappa shape index (κ1) is 15.5. The molecule has 0 radical (unpaired) electrons. The number of rotatable bonds is 5. The molecular weight excluding hydrogens is 293 g/mol. The predicted molar refractivity (Wildman–Crippen MR) is 79.0 cm³/mol. The highest BCUT2D eigenvalue weighted by atomic mass is 32.2. The van der Waals surface area contributed by atoms with E-state index in [1.807, 2.05) is 0 Å². The fourth-order valence-electron chi connectivity index (χ4n) is 2.02. The molecule has 2 rings (SSSR count). The standard InChI is InChI=1S/C15H16FNO3S/c1-2-17(14-5-3-4-13(16)10-14)21(19,20)15-8-6-12(11-18)7-9-15/h3-10,18H,2,11H2,1H3. The normalized spacial score (nSPS) is 11.4. The highest BCUT2D eigenvalue weighted by molar-refractivity contribution is 7.92. The Bertz CT molecular complexity index is 714. The number of halogens is 1. The van der Waals surface area contributed by atoms with Gasteiger partial charge in [0.15, 0.2) is 0 Å². The molecule has 6 heteroatoms. The van der Waals surface area contributed by atoms with Gasteiger partial charge in [-0.1, -0.05) is 18.2 Å². The average Bonchev–Trinajstić information content (AvgIpc) is 2.48. The second kappa shape index (κ2) is 6.24. The van der Waals surface area contributed by atoms with Crippen LogP contribution in [0, 0.1) is 5.82 Å². The molecule has 0 aromatic heterocycles. The Morgan fingerprint density at radius 1 is 1.14 bits per heavy atom. The lowest BCUT2D eigenvalue weighted by molar-refractivity contribution is 0.282. The maximum Gasteiger partial charge on any atom is 0.264 e. The summed E-state index contributed by atoms with van der Waals surface area (Å²) in [5.74, 6) is -0.489. The molecule has 0 unspecified atom stereocenters. The van der Waals surface area contributed by atoms with Crippen LogP contribution in [0.25, 0.3) is 0 Å². The van der Waals surface area contributed by atoms with Gasteiger partial charge in [0.05, 0.1) is 17.2 Å². The van der Waals surface area contributed by atoms with Gasteiger partial charge in [0, 0.05) is 6.54 Å². The number of nitrogens with zero attached hydrogens (tertiary/aromatic N) is 1. The van der Waals surface area contributed by atoms with Crippen molar-refractivity contribution >= 4 is 15.7 Å². The fraction of sp³-hybridized carbons (Fsp3) is 0.200. The van der Waals surface area contributed by atoms with Crippen LogP contribution < -0.4 is 4.31 Å². The molecule has 0 aliphatic carbocycles. The number of sulfonamides is 1. The third kappa shape index (κ3) is 3.22. The molecular formula is C15H16FNO3S. The molecule has 2 aromatic carbocycles. The quantitative estimate of drug-likeness (QED) is 0.923. The number of anilines is 1. The first-order chi connectivity index (χ1) is 9.98.